The molecule has 2 aromatic heterocycles. The molecule has 7 nitrogen and oxygen atoms in total. The number of anilines is 1. The zero-order chi connectivity index (χ0) is 25.9. The van der Waals surface area contributed by atoms with Crippen LogP contribution in [0.15, 0.2) is 23.4 Å². The molecule has 0 aromatic carbocycles. The van der Waals surface area contributed by atoms with E-state index in [9.17, 15) is 35.3 Å². The van der Waals surface area contributed by atoms with Crippen LogP contribution in [0.2, 0.25) is 0 Å². The third-order valence-corrected chi connectivity index (χ3v) is 6.33. The van der Waals surface area contributed by atoms with Crippen molar-refractivity contribution in [1.29, 1.82) is 4.78 Å². The van der Waals surface area contributed by atoms with E-state index in [-0.39, 0.29) is 10.7 Å². The Labute approximate surface area is 191 Å². The van der Waals surface area contributed by atoms with Gasteiger partial charge in [-0.25, -0.2) is 27.1 Å². The third-order valence-electron chi connectivity index (χ3n) is 5.31. The van der Waals surface area contributed by atoms with E-state index >= 15 is 0 Å². The Balaban J connectivity index is 2.12. The number of pyridine rings is 1. The Hall–Kier alpha value is -2.64. The summed E-state index contributed by atoms with van der Waals surface area (Å²) in [5.41, 5.74) is -7.56. The fraction of sp³-hybridized carbons (Fsp3) is 0.550. The molecule has 1 fully saturated rings. The van der Waals surface area contributed by atoms with E-state index in [4.69, 9.17) is 4.78 Å². The van der Waals surface area contributed by atoms with Gasteiger partial charge in [0.05, 0.1) is 9.73 Å². The molecule has 1 saturated carbocycles. The predicted molar refractivity (Wildman–Crippen MR) is 111 cm³/mol. The molecule has 0 spiro atoms. The first kappa shape index (κ1) is 26.0. The Morgan fingerprint density at radius 2 is 1.85 bits per heavy atom. The van der Waals surface area contributed by atoms with E-state index in [1.54, 1.807) is 0 Å². The van der Waals surface area contributed by atoms with Crippen LogP contribution in [0, 0.1) is 10.2 Å². The zero-order valence-corrected chi connectivity index (χ0v) is 19.5. The lowest BCUT2D eigenvalue weighted by atomic mass is 9.67. The molecule has 1 amide bonds. The van der Waals surface area contributed by atoms with Gasteiger partial charge in [0.2, 0.25) is 5.92 Å². The summed E-state index contributed by atoms with van der Waals surface area (Å²) in [4.78, 5) is 16.8. The summed E-state index contributed by atoms with van der Waals surface area (Å²) in [5, 5.41) is 5.70. The maximum atomic E-state index is 14.7. The number of aromatic nitrogens is 3. The van der Waals surface area contributed by atoms with Crippen molar-refractivity contribution < 1.29 is 35.3 Å². The topological polar surface area (TPSA) is 101 Å². The Kier molecular flexibility index (Phi) is 6.08. The van der Waals surface area contributed by atoms with E-state index in [2.05, 4.69) is 15.4 Å². The Morgan fingerprint density at radius 1 is 1.26 bits per heavy atom. The highest BCUT2D eigenvalue weighted by molar-refractivity contribution is 7.91. The number of hydrogen-bond acceptors (Lipinski definition) is 5. The van der Waals surface area contributed by atoms with Gasteiger partial charge in [0.1, 0.15) is 27.6 Å². The second kappa shape index (κ2) is 7.95. The molecule has 14 heteroatoms. The van der Waals surface area contributed by atoms with Crippen molar-refractivity contribution in [3.05, 3.63) is 35.3 Å². The molecule has 34 heavy (non-hydrogen) atoms. The molecule has 0 saturated heterocycles. The first-order valence-electron chi connectivity index (χ1n) is 9.98. The smallest absolute Gasteiger partial charge is 0.320 e. The summed E-state index contributed by atoms with van der Waals surface area (Å²) in [6.07, 6.45) is -4.26. The van der Waals surface area contributed by atoms with Crippen molar-refractivity contribution in [2.45, 2.75) is 63.0 Å². The number of amides is 1. The number of carbonyl (C=O) groups excluding carboxylic acids is 1. The molecular formula is C20H23F6N5O2S. The average Bonchev–Trinajstić information content (AvgIpc) is 2.99. The SMILES string of the molecule is CC1(Cn2nc(C(C)(C)F)c(C(F)(F)F)c2C(=O)Nc2ccnc([S@](C)(=N)=O)c2)CC(F)(F)C1. The van der Waals surface area contributed by atoms with Gasteiger partial charge in [-0.1, -0.05) is 6.92 Å². The molecule has 1 atom stereocenters. The van der Waals surface area contributed by atoms with Crippen molar-refractivity contribution in [3.8, 4) is 0 Å². The van der Waals surface area contributed by atoms with Crippen LogP contribution in [0.5, 0.6) is 0 Å². The first-order valence-corrected chi connectivity index (χ1v) is 11.9. The molecule has 2 heterocycles. The normalized spacial score (nSPS) is 19.2. The minimum atomic E-state index is -5.18. The maximum absolute atomic E-state index is 14.7. The molecule has 0 radical (unpaired) electrons. The van der Waals surface area contributed by atoms with Crippen molar-refractivity contribution >= 4 is 21.3 Å². The van der Waals surface area contributed by atoms with E-state index in [1.807, 2.05) is 0 Å². The number of alkyl halides is 6. The van der Waals surface area contributed by atoms with Crippen molar-refractivity contribution in [2.75, 3.05) is 11.6 Å². The molecule has 1 aliphatic carbocycles. The second-order valence-corrected chi connectivity index (χ2v) is 11.5. The van der Waals surface area contributed by atoms with Gasteiger partial charge in [0, 0.05) is 37.5 Å². The van der Waals surface area contributed by atoms with Crippen molar-refractivity contribution in [3.63, 3.8) is 0 Å². The minimum Gasteiger partial charge on any atom is -0.320 e. The van der Waals surface area contributed by atoms with E-state index in [0.717, 1.165) is 32.4 Å². The van der Waals surface area contributed by atoms with Gasteiger partial charge in [0.15, 0.2) is 0 Å². The highest BCUT2D eigenvalue weighted by atomic mass is 32.2. The lowest BCUT2D eigenvalue weighted by molar-refractivity contribution is -0.160. The number of carbonyl (C=O) groups is 1. The van der Waals surface area contributed by atoms with Crippen LogP contribution < -0.4 is 5.32 Å². The van der Waals surface area contributed by atoms with Crippen LogP contribution in [0.3, 0.4) is 0 Å². The maximum Gasteiger partial charge on any atom is 0.420 e. The van der Waals surface area contributed by atoms with Gasteiger partial charge in [-0.2, -0.15) is 18.3 Å². The van der Waals surface area contributed by atoms with E-state index in [0.29, 0.717) is 4.68 Å². The Bertz CT molecular complexity index is 1220. The van der Waals surface area contributed by atoms with E-state index < -0.39 is 75.2 Å². The second-order valence-electron chi connectivity index (χ2n) is 9.40. The number of nitrogens with one attached hydrogen (secondary N) is 2. The van der Waals surface area contributed by atoms with Gasteiger partial charge in [0.25, 0.3) is 5.91 Å². The summed E-state index contributed by atoms with van der Waals surface area (Å²) in [6.45, 7) is 2.64. The molecule has 0 aliphatic heterocycles. The van der Waals surface area contributed by atoms with E-state index in [1.165, 1.54) is 13.0 Å². The summed E-state index contributed by atoms with van der Waals surface area (Å²) in [5.74, 6) is -4.31. The summed E-state index contributed by atoms with van der Waals surface area (Å²) < 4.78 is 104. The van der Waals surface area contributed by atoms with Gasteiger partial charge >= 0.3 is 6.18 Å². The third kappa shape index (κ3) is 5.36. The van der Waals surface area contributed by atoms with Gasteiger partial charge in [-0.05, 0) is 31.4 Å². The van der Waals surface area contributed by atoms with Gasteiger partial charge in [-0.15, -0.1) is 0 Å². The minimum absolute atomic E-state index is 0.111. The molecule has 2 N–H and O–H groups in total. The molecule has 188 valence electrons. The standard InChI is InChI=1S/C20H23F6N5O2S/c1-17(2,21)15-13(20(24,25)26)14(31(30-15)10-18(3)8-19(22,23)9-18)16(32)29-11-5-6-28-12(7-11)34(4,27)33/h5-7,27H,8-10H2,1-4H3,(H,28,29,32)/t34-/m1/s1. The Morgan fingerprint density at radius 3 is 2.32 bits per heavy atom. The average molecular weight is 511 g/mol. The number of rotatable bonds is 6. The monoisotopic (exact) mass is 511 g/mol. The molecule has 0 bridgehead atoms. The predicted octanol–water partition coefficient (Wildman–Crippen LogP) is 5.22. The summed E-state index contributed by atoms with van der Waals surface area (Å²) in [7, 11) is -3.29. The van der Waals surface area contributed by atoms with Crippen LogP contribution in [-0.2, 0) is 28.1 Å². The van der Waals surface area contributed by atoms with Crippen molar-refractivity contribution in [2.24, 2.45) is 5.41 Å². The van der Waals surface area contributed by atoms with Gasteiger partial charge < -0.3 is 5.32 Å². The first-order chi connectivity index (χ1) is 15.2. The molecule has 3 rings (SSSR count). The number of nitrogens with zero attached hydrogens (tertiary/aromatic N) is 3. The van der Waals surface area contributed by atoms with Crippen LogP contribution >= 0.6 is 0 Å². The molecule has 0 unspecified atom stereocenters. The fourth-order valence-electron chi connectivity index (χ4n) is 4.05. The van der Waals surface area contributed by atoms with Gasteiger partial charge in [-0.3, -0.25) is 9.48 Å². The molecule has 1 aliphatic rings. The van der Waals surface area contributed by atoms with Crippen molar-refractivity contribution in [1.82, 2.24) is 14.8 Å². The van der Waals surface area contributed by atoms with Crippen LogP contribution in [0.4, 0.5) is 32.0 Å². The fourth-order valence-corrected chi connectivity index (χ4v) is 4.67. The summed E-state index contributed by atoms with van der Waals surface area (Å²) >= 11 is 0. The number of hydrogen-bond donors (Lipinski definition) is 2. The largest absolute Gasteiger partial charge is 0.420 e. The zero-order valence-electron chi connectivity index (χ0n) is 18.7. The summed E-state index contributed by atoms with van der Waals surface area (Å²) in [6, 6.07) is 2.27. The molecular weight excluding hydrogens is 488 g/mol. The lowest BCUT2D eigenvalue weighted by Crippen LogP contribution is -2.47. The van der Waals surface area contributed by atoms with Crippen LogP contribution in [-0.4, -0.2) is 37.1 Å². The van der Waals surface area contributed by atoms with Crippen LogP contribution in [0.25, 0.3) is 0 Å². The highest BCUT2D eigenvalue weighted by Crippen LogP contribution is 2.53. The molecule has 2 aromatic rings. The van der Waals surface area contributed by atoms with Crippen LogP contribution in [0.1, 0.15) is 55.4 Å². The quantitative estimate of drug-likeness (QED) is 0.519. The highest BCUT2D eigenvalue weighted by Gasteiger charge is 2.55. The number of halogens is 6. The lowest BCUT2D eigenvalue weighted by Gasteiger charge is -2.44.